The topological polar surface area (TPSA) is 84.9 Å². The fraction of sp³-hybridized carbons (Fsp3) is 0.310. The van der Waals surface area contributed by atoms with Crippen molar-refractivity contribution in [2.24, 2.45) is 0 Å². The summed E-state index contributed by atoms with van der Waals surface area (Å²) in [4.78, 5) is 8.45. The van der Waals surface area contributed by atoms with E-state index in [1.54, 1.807) is 24.2 Å². The third kappa shape index (κ3) is 5.51. The molecule has 3 unspecified atom stereocenters. The van der Waals surface area contributed by atoms with Crippen LogP contribution in [0.15, 0.2) is 65.8 Å². The van der Waals surface area contributed by atoms with Gasteiger partial charge in [-0.15, -0.1) is 21.8 Å². The second-order valence-corrected chi connectivity index (χ2v) is 11.3. The van der Waals surface area contributed by atoms with Gasteiger partial charge in [0.1, 0.15) is 58.3 Å². The van der Waals surface area contributed by atoms with Crippen molar-refractivity contribution in [3.8, 4) is 11.3 Å². The van der Waals surface area contributed by atoms with E-state index >= 15 is 0 Å². The average molecular weight is 612 g/mol. The monoisotopic (exact) mass is 611 g/mol. The minimum absolute atomic E-state index is 0.173. The molecule has 9 nitrogen and oxygen atoms in total. The summed E-state index contributed by atoms with van der Waals surface area (Å²) in [6, 6.07) is 13.0. The van der Waals surface area contributed by atoms with Gasteiger partial charge in [-0.3, -0.25) is 0 Å². The highest BCUT2D eigenvalue weighted by molar-refractivity contribution is 8.00. The van der Waals surface area contributed by atoms with Crippen LogP contribution in [0.4, 0.5) is 14.6 Å². The van der Waals surface area contributed by atoms with Crippen LogP contribution in [0.25, 0.3) is 16.1 Å². The molecule has 42 heavy (non-hydrogen) atoms. The van der Waals surface area contributed by atoms with E-state index in [1.807, 2.05) is 43.3 Å². The average Bonchev–Trinajstić information content (AvgIpc) is 3.49. The number of ether oxygens (including phenoxy) is 4. The largest absolute Gasteiger partial charge is 0.375 e. The number of pyridine rings is 1. The Balaban J connectivity index is 1.39. The Morgan fingerprint density at radius 3 is 2.62 bits per heavy atom. The molecule has 0 spiro atoms. The quantitative estimate of drug-likeness (QED) is 0.185. The Morgan fingerprint density at radius 2 is 1.90 bits per heavy atom. The van der Waals surface area contributed by atoms with Crippen molar-refractivity contribution in [3.05, 3.63) is 100 Å². The van der Waals surface area contributed by atoms with Gasteiger partial charge in [0.25, 0.3) is 5.82 Å². The van der Waals surface area contributed by atoms with Crippen LogP contribution in [0.1, 0.15) is 23.5 Å². The predicted molar refractivity (Wildman–Crippen MR) is 150 cm³/mol. The molecule has 2 fully saturated rings. The van der Waals surface area contributed by atoms with Crippen molar-refractivity contribution in [1.82, 2.24) is 20.0 Å². The Hall–Kier alpha value is -3.44. The summed E-state index contributed by atoms with van der Waals surface area (Å²) >= 11 is 6.99. The van der Waals surface area contributed by atoms with Gasteiger partial charge in [0, 0.05) is 23.1 Å². The fourth-order valence-corrected chi connectivity index (χ4v) is 6.50. The van der Waals surface area contributed by atoms with Gasteiger partial charge in [-0.05, 0) is 24.6 Å². The van der Waals surface area contributed by atoms with Crippen molar-refractivity contribution < 1.29 is 27.7 Å². The summed E-state index contributed by atoms with van der Waals surface area (Å²) in [6.07, 6.45) is 0.756. The van der Waals surface area contributed by atoms with E-state index in [2.05, 4.69) is 20.1 Å². The Morgan fingerprint density at radius 1 is 1.14 bits per heavy atom. The first kappa shape index (κ1) is 28.7. The molecule has 0 saturated carbocycles. The second kappa shape index (κ2) is 12.0. The van der Waals surface area contributed by atoms with Gasteiger partial charge in [-0.2, -0.15) is 0 Å². The zero-order chi connectivity index (χ0) is 29.4. The molecule has 2 aliphatic heterocycles. The standard InChI is InChI=1S/C29H24ClF2N5O4S/c1-15-9-22(27(33-2)34-12-15)42-29-26(38-3)24(25-21(40-29)14-39-28(41-25)16-7-5-4-6-8-16)37-13-20(35-36-37)17-10-18(31)23(30)19(32)11-17/h4-13,21,24-26,28-29H,14H2,1,3H3/t21?,24-,25-,26?,28?,29+/m0/s1. The molecule has 0 radical (unpaired) electrons. The van der Waals surface area contributed by atoms with Crippen LogP contribution in [0, 0.1) is 25.1 Å². The molecule has 4 heterocycles. The van der Waals surface area contributed by atoms with Crippen LogP contribution < -0.4 is 0 Å². The van der Waals surface area contributed by atoms with Gasteiger partial charge < -0.3 is 23.8 Å². The maximum Gasteiger partial charge on any atom is 0.283 e. The van der Waals surface area contributed by atoms with E-state index < -0.39 is 52.7 Å². The molecule has 2 saturated heterocycles. The number of aryl methyl sites for hydroxylation is 1. The van der Waals surface area contributed by atoms with Crippen molar-refractivity contribution in [2.75, 3.05) is 13.7 Å². The van der Waals surface area contributed by atoms with E-state index in [9.17, 15) is 8.78 Å². The van der Waals surface area contributed by atoms with Crippen molar-refractivity contribution in [2.45, 2.75) is 47.9 Å². The highest BCUT2D eigenvalue weighted by atomic mass is 35.5. The van der Waals surface area contributed by atoms with E-state index in [1.165, 1.54) is 11.8 Å². The van der Waals surface area contributed by atoms with E-state index in [-0.39, 0.29) is 23.7 Å². The highest BCUT2D eigenvalue weighted by Crippen LogP contribution is 2.45. The number of hydrogen-bond donors (Lipinski definition) is 0. The zero-order valence-electron chi connectivity index (χ0n) is 22.4. The Kier molecular flexibility index (Phi) is 8.22. The molecule has 0 amide bonds. The molecule has 13 heteroatoms. The number of rotatable bonds is 6. The molecule has 0 N–H and O–H groups in total. The summed E-state index contributed by atoms with van der Waals surface area (Å²) in [7, 11) is 1.55. The smallest absolute Gasteiger partial charge is 0.283 e. The summed E-state index contributed by atoms with van der Waals surface area (Å²) in [5, 5.41) is 7.95. The molecular formula is C29H24ClF2N5O4S. The third-order valence-corrected chi connectivity index (χ3v) is 8.59. The van der Waals surface area contributed by atoms with Gasteiger partial charge in [0.05, 0.1) is 12.8 Å². The van der Waals surface area contributed by atoms with Crippen molar-refractivity contribution >= 4 is 29.2 Å². The summed E-state index contributed by atoms with van der Waals surface area (Å²) in [5.41, 5.74) is 1.51. The lowest BCUT2D eigenvalue weighted by atomic mass is 9.95. The molecule has 6 rings (SSSR count). The Labute approximate surface area is 249 Å². The lowest BCUT2D eigenvalue weighted by Crippen LogP contribution is -2.59. The third-order valence-electron chi connectivity index (χ3n) is 7.07. The molecule has 4 aromatic rings. The molecule has 2 aromatic carbocycles. The molecule has 0 bridgehead atoms. The minimum Gasteiger partial charge on any atom is -0.375 e. The first-order valence-corrected chi connectivity index (χ1v) is 14.2. The molecular weight excluding hydrogens is 588 g/mol. The summed E-state index contributed by atoms with van der Waals surface area (Å²) in [6.45, 7) is 9.68. The predicted octanol–water partition coefficient (Wildman–Crippen LogP) is 6.32. The van der Waals surface area contributed by atoms with Crippen LogP contribution in [0.3, 0.4) is 0 Å². The number of thioether (sulfide) groups is 1. The molecule has 2 aliphatic rings. The Bertz CT molecular complexity index is 1620. The van der Waals surface area contributed by atoms with Crippen LogP contribution in [0.5, 0.6) is 0 Å². The number of halogens is 3. The summed E-state index contributed by atoms with van der Waals surface area (Å²) < 4.78 is 55.1. The lowest BCUT2D eigenvalue weighted by molar-refractivity contribution is -0.308. The van der Waals surface area contributed by atoms with Crippen LogP contribution in [-0.4, -0.2) is 57.4 Å². The number of aromatic nitrogens is 4. The van der Waals surface area contributed by atoms with Gasteiger partial charge in [-0.25, -0.2) is 13.5 Å². The number of benzene rings is 2. The molecule has 2 aromatic heterocycles. The number of fused-ring (bicyclic) bond motifs is 1. The number of methoxy groups -OCH3 is 1. The number of nitrogens with zero attached hydrogens (tertiary/aromatic N) is 5. The van der Waals surface area contributed by atoms with Crippen molar-refractivity contribution in [3.63, 3.8) is 0 Å². The molecule has 0 aliphatic carbocycles. The van der Waals surface area contributed by atoms with Gasteiger partial charge >= 0.3 is 0 Å². The van der Waals surface area contributed by atoms with E-state index in [0.29, 0.717) is 4.90 Å². The van der Waals surface area contributed by atoms with Crippen LogP contribution >= 0.6 is 23.4 Å². The fourth-order valence-electron chi connectivity index (χ4n) is 5.08. The van der Waals surface area contributed by atoms with Crippen LogP contribution in [0.2, 0.25) is 5.02 Å². The lowest BCUT2D eigenvalue weighted by Gasteiger charge is -2.48. The van der Waals surface area contributed by atoms with Crippen LogP contribution in [-0.2, 0) is 18.9 Å². The first-order chi connectivity index (χ1) is 20.4. The second-order valence-electron chi connectivity index (χ2n) is 9.81. The zero-order valence-corrected chi connectivity index (χ0v) is 23.9. The van der Waals surface area contributed by atoms with Gasteiger partial charge in [0.15, 0.2) is 6.29 Å². The highest BCUT2D eigenvalue weighted by Gasteiger charge is 2.52. The minimum atomic E-state index is -0.903. The molecule has 216 valence electrons. The SMILES string of the molecule is [C-]#[N+]c1ncc(C)cc1S[C@H]1OC2COC(c3ccccc3)O[C@@H]2[C@H](n2cc(-c3cc(F)c(Cl)c(F)c3)nn2)C1OC. The first-order valence-electron chi connectivity index (χ1n) is 12.9. The van der Waals surface area contributed by atoms with Gasteiger partial charge in [-0.1, -0.05) is 59.8 Å². The van der Waals surface area contributed by atoms with E-state index in [0.717, 1.165) is 23.3 Å². The van der Waals surface area contributed by atoms with E-state index in [4.69, 9.17) is 37.1 Å². The normalized spacial score (nSPS) is 25.5. The maximum absolute atomic E-state index is 14.3. The van der Waals surface area contributed by atoms with Gasteiger partial charge in [0.2, 0.25) is 0 Å². The summed E-state index contributed by atoms with van der Waals surface area (Å²) in [5.74, 6) is -1.56. The van der Waals surface area contributed by atoms with Crippen molar-refractivity contribution in [1.29, 1.82) is 0 Å². The molecule has 6 atom stereocenters. The number of hydrogen-bond acceptors (Lipinski definition) is 8. The maximum atomic E-state index is 14.3.